The van der Waals surface area contributed by atoms with E-state index in [0.29, 0.717) is 28.1 Å². The second-order valence-corrected chi connectivity index (χ2v) is 7.73. The van der Waals surface area contributed by atoms with Gasteiger partial charge >= 0.3 is 0 Å². The highest BCUT2D eigenvalue weighted by Crippen LogP contribution is 2.35. The van der Waals surface area contributed by atoms with Crippen LogP contribution in [0.15, 0.2) is 12.1 Å². The first-order valence-corrected chi connectivity index (χ1v) is 10.1. The summed E-state index contributed by atoms with van der Waals surface area (Å²) < 4.78 is 10.5. The molecule has 0 saturated carbocycles. The molecule has 0 spiro atoms. The van der Waals surface area contributed by atoms with Crippen molar-refractivity contribution >= 4 is 29.1 Å². The average Bonchev–Trinajstić information content (AvgIpc) is 3.23. The standard InChI is InChI=1S/C20H28ClN3O4/c1-27-17-12-18(28-2)16(11-15(17)21)22-19(25)13-23-9-5-14(6-10-23)20(26)24-7-3-4-8-24/h11-12,14H,3-10,13H2,1-2H3,(H,22,25). The van der Waals surface area contributed by atoms with Crippen molar-refractivity contribution in [3.05, 3.63) is 17.2 Å². The van der Waals surface area contributed by atoms with E-state index < -0.39 is 0 Å². The molecule has 28 heavy (non-hydrogen) atoms. The number of hydrogen-bond acceptors (Lipinski definition) is 5. The normalized spacial score (nSPS) is 18.2. The Kier molecular flexibility index (Phi) is 7.02. The second kappa shape index (κ2) is 9.47. The highest BCUT2D eigenvalue weighted by Gasteiger charge is 2.30. The summed E-state index contributed by atoms with van der Waals surface area (Å²) in [6.45, 7) is 3.56. The molecular formula is C20H28ClN3O4. The summed E-state index contributed by atoms with van der Waals surface area (Å²) in [7, 11) is 3.05. The highest BCUT2D eigenvalue weighted by molar-refractivity contribution is 6.32. The zero-order chi connectivity index (χ0) is 20.1. The van der Waals surface area contributed by atoms with Gasteiger partial charge in [0.25, 0.3) is 0 Å². The predicted octanol–water partition coefficient (Wildman–Crippen LogP) is 2.63. The summed E-state index contributed by atoms with van der Waals surface area (Å²) in [5, 5.41) is 3.26. The monoisotopic (exact) mass is 409 g/mol. The Bertz CT molecular complexity index is 714. The molecule has 2 aliphatic heterocycles. The maximum atomic E-state index is 12.5. The lowest BCUT2D eigenvalue weighted by molar-refractivity contribution is -0.136. The van der Waals surface area contributed by atoms with Crippen molar-refractivity contribution in [1.82, 2.24) is 9.80 Å². The predicted molar refractivity (Wildman–Crippen MR) is 108 cm³/mol. The van der Waals surface area contributed by atoms with Gasteiger partial charge in [-0.05, 0) is 44.8 Å². The molecule has 2 saturated heterocycles. The number of carbonyl (C=O) groups is 2. The van der Waals surface area contributed by atoms with E-state index in [0.717, 1.165) is 51.9 Å². The van der Waals surface area contributed by atoms with Crippen molar-refractivity contribution in [2.24, 2.45) is 5.92 Å². The lowest BCUT2D eigenvalue weighted by Crippen LogP contribution is -2.43. The van der Waals surface area contributed by atoms with Crippen LogP contribution in [0.1, 0.15) is 25.7 Å². The Morgan fingerprint density at radius 1 is 1.07 bits per heavy atom. The van der Waals surface area contributed by atoms with Gasteiger partial charge < -0.3 is 19.7 Å². The topological polar surface area (TPSA) is 71.1 Å². The summed E-state index contributed by atoms with van der Waals surface area (Å²) in [6.07, 6.45) is 3.84. The Morgan fingerprint density at radius 2 is 1.71 bits per heavy atom. The van der Waals surface area contributed by atoms with Crippen LogP contribution in [0.2, 0.25) is 5.02 Å². The number of piperidine rings is 1. The van der Waals surface area contributed by atoms with Crippen LogP contribution in [-0.2, 0) is 9.59 Å². The van der Waals surface area contributed by atoms with Gasteiger partial charge in [0.15, 0.2) is 0 Å². The Hall–Kier alpha value is -1.99. The van der Waals surface area contributed by atoms with Gasteiger partial charge in [-0.1, -0.05) is 11.6 Å². The Balaban J connectivity index is 1.51. The second-order valence-electron chi connectivity index (χ2n) is 7.32. The molecule has 0 bridgehead atoms. The molecule has 7 nitrogen and oxygen atoms in total. The molecule has 0 aromatic heterocycles. The fourth-order valence-corrected chi connectivity index (χ4v) is 4.13. The lowest BCUT2D eigenvalue weighted by Gasteiger charge is -2.32. The third-order valence-electron chi connectivity index (χ3n) is 5.47. The molecule has 1 aromatic carbocycles. The van der Waals surface area contributed by atoms with Crippen molar-refractivity contribution in [1.29, 1.82) is 0 Å². The zero-order valence-electron chi connectivity index (χ0n) is 16.5. The molecule has 2 fully saturated rings. The minimum absolute atomic E-state index is 0.0953. The number of carbonyl (C=O) groups excluding carboxylic acids is 2. The van der Waals surface area contributed by atoms with E-state index in [1.807, 2.05) is 4.90 Å². The third-order valence-corrected chi connectivity index (χ3v) is 5.77. The van der Waals surface area contributed by atoms with Gasteiger partial charge in [-0.25, -0.2) is 0 Å². The fraction of sp³-hybridized carbons (Fsp3) is 0.600. The minimum Gasteiger partial charge on any atom is -0.495 e. The van der Waals surface area contributed by atoms with E-state index in [1.54, 1.807) is 12.1 Å². The van der Waals surface area contributed by atoms with E-state index >= 15 is 0 Å². The van der Waals surface area contributed by atoms with Crippen molar-refractivity contribution in [3.63, 3.8) is 0 Å². The van der Waals surface area contributed by atoms with Crippen LogP contribution in [-0.4, -0.2) is 68.6 Å². The molecule has 0 radical (unpaired) electrons. The number of nitrogens with one attached hydrogen (secondary N) is 1. The molecule has 2 aliphatic rings. The van der Waals surface area contributed by atoms with E-state index in [9.17, 15) is 9.59 Å². The van der Waals surface area contributed by atoms with E-state index in [4.69, 9.17) is 21.1 Å². The lowest BCUT2D eigenvalue weighted by atomic mass is 9.95. The number of amides is 2. The fourth-order valence-electron chi connectivity index (χ4n) is 3.88. The molecule has 2 amide bonds. The van der Waals surface area contributed by atoms with Gasteiger partial charge in [-0.3, -0.25) is 14.5 Å². The number of anilines is 1. The summed E-state index contributed by atoms with van der Waals surface area (Å²) >= 11 is 6.16. The van der Waals surface area contributed by atoms with Crippen molar-refractivity contribution in [2.45, 2.75) is 25.7 Å². The van der Waals surface area contributed by atoms with Crippen molar-refractivity contribution in [2.75, 3.05) is 52.3 Å². The van der Waals surface area contributed by atoms with Crippen LogP contribution in [0.25, 0.3) is 0 Å². The summed E-state index contributed by atoms with van der Waals surface area (Å²) in [4.78, 5) is 29.1. The molecule has 0 unspecified atom stereocenters. The number of rotatable bonds is 6. The molecular weight excluding hydrogens is 382 g/mol. The van der Waals surface area contributed by atoms with Crippen LogP contribution < -0.4 is 14.8 Å². The Labute approximate surface area is 170 Å². The molecule has 0 aliphatic carbocycles. The number of nitrogens with zero attached hydrogens (tertiary/aromatic N) is 2. The van der Waals surface area contributed by atoms with Crippen molar-refractivity contribution in [3.8, 4) is 11.5 Å². The molecule has 1 aromatic rings. The SMILES string of the molecule is COc1cc(OC)c(NC(=O)CN2CCC(C(=O)N3CCCC3)CC2)cc1Cl. The number of likely N-dealkylation sites (tertiary alicyclic amines) is 2. The highest BCUT2D eigenvalue weighted by atomic mass is 35.5. The summed E-state index contributed by atoms with van der Waals surface area (Å²) in [6, 6.07) is 3.27. The van der Waals surface area contributed by atoms with Gasteiger partial charge in [0.2, 0.25) is 11.8 Å². The van der Waals surface area contributed by atoms with E-state index in [1.165, 1.54) is 14.2 Å². The van der Waals surface area contributed by atoms with Crippen LogP contribution in [0.5, 0.6) is 11.5 Å². The van der Waals surface area contributed by atoms with Gasteiger partial charge in [-0.2, -0.15) is 0 Å². The molecule has 2 heterocycles. The first-order valence-electron chi connectivity index (χ1n) is 9.74. The van der Waals surface area contributed by atoms with Gasteiger partial charge in [-0.15, -0.1) is 0 Å². The largest absolute Gasteiger partial charge is 0.495 e. The van der Waals surface area contributed by atoms with Crippen LogP contribution in [0, 0.1) is 5.92 Å². The first kappa shape index (κ1) is 20.7. The third kappa shape index (κ3) is 4.89. The average molecular weight is 410 g/mol. The smallest absolute Gasteiger partial charge is 0.238 e. The number of ether oxygens (including phenoxy) is 2. The number of hydrogen-bond donors (Lipinski definition) is 1. The van der Waals surface area contributed by atoms with Crippen LogP contribution in [0.4, 0.5) is 5.69 Å². The maximum absolute atomic E-state index is 12.5. The molecule has 8 heteroatoms. The Morgan fingerprint density at radius 3 is 2.32 bits per heavy atom. The van der Waals surface area contributed by atoms with E-state index in [2.05, 4.69) is 10.2 Å². The maximum Gasteiger partial charge on any atom is 0.238 e. The molecule has 1 N–H and O–H groups in total. The number of methoxy groups -OCH3 is 2. The zero-order valence-corrected chi connectivity index (χ0v) is 17.3. The van der Waals surface area contributed by atoms with E-state index in [-0.39, 0.29) is 18.4 Å². The summed E-state index contributed by atoms with van der Waals surface area (Å²) in [5.74, 6) is 1.23. The van der Waals surface area contributed by atoms with Crippen molar-refractivity contribution < 1.29 is 19.1 Å². The van der Waals surface area contributed by atoms with Gasteiger partial charge in [0.05, 0.1) is 31.5 Å². The minimum atomic E-state index is -0.135. The molecule has 3 rings (SSSR count). The number of benzene rings is 1. The molecule has 0 atom stereocenters. The first-order chi connectivity index (χ1) is 13.5. The molecule has 154 valence electrons. The van der Waals surface area contributed by atoms with Crippen LogP contribution >= 0.6 is 11.6 Å². The van der Waals surface area contributed by atoms with Gasteiger partial charge in [0, 0.05) is 25.1 Å². The summed E-state index contributed by atoms with van der Waals surface area (Å²) in [5.41, 5.74) is 0.511. The number of halogens is 1. The quantitative estimate of drug-likeness (QED) is 0.782. The van der Waals surface area contributed by atoms with Crippen LogP contribution in [0.3, 0.4) is 0 Å². The van der Waals surface area contributed by atoms with Gasteiger partial charge in [0.1, 0.15) is 11.5 Å².